The van der Waals surface area contributed by atoms with Crippen LogP contribution in [0.2, 0.25) is 0 Å². The molecule has 16 heavy (non-hydrogen) atoms. The van der Waals surface area contributed by atoms with Crippen molar-refractivity contribution < 1.29 is 9.63 Å². The molecule has 2 unspecified atom stereocenters. The molecule has 0 bridgehead atoms. The highest BCUT2D eigenvalue weighted by atomic mass is 16.6. The van der Waals surface area contributed by atoms with Gasteiger partial charge in [0.05, 0.1) is 0 Å². The van der Waals surface area contributed by atoms with E-state index in [0.717, 1.165) is 24.7 Å². The maximum atomic E-state index is 10.5. The molecule has 4 nitrogen and oxygen atoms in total. The summed E-state index contributed by atoms with van der Waals surface area (Å²) in [4.78, 5) is 15.6. The van der Waals surface area contributed by atoms with Gasteiger partial charge >= 0.3 is 0 Å². The van der Waals surface area contributed by atoms with Crippen molar-refractivity contribution in [1.82, 2.24) is 5.48 Å². The Morgan fingerprint density at radius 3 is 2.88 bits per heavy atom. The molecular weight excluding hydrogens is 204 g/mol. The van der Waals surface area contributed by atoms with E-state index in [1.54, 1.807) is 0 Å². The largest absolute Gasteiger partial charge is 0.368 e. The molecule has 4 heteroatoms. The van der Waals surface area contributed by atoms with Crippen LogP contribution in [0.5, 0.6) is 0 Å². The lowest BCUT2D eigenvalue weighted by Gasteiger charge is -2.30. The van der Waals surface area contributed by atoms with E-state index in [2.05, 4.69) is 19.3 Å². The number of nitrogens with two attached hydrogens (primary N) is 1. The van der Waals surface area contributed by atoms with Crippen molar-refractivity contribution >= 4 is 5.91 Å². The van der Waals surface area contributed by atoms with Gasteiger partial charge < -0.3 is 5.73 Å². The van der Waals surface area contributed by atoms with Crippen LogP contribution in [0.15, 0.2) is 0 Å². The van der Waals surface area contributed by atoms with Crippen molar-refractivity contribution in [2.24, 2.45) is 17.6 Å². The van der Waals surface area contributed by atoms with Crippen LogP contribution in [0.3, 0.4) is 0 Å². The predicted molar refractivity (Wildman–Crippen MR) is 63.5 cm³/mol. The average Bonchev–Trinajstić information content (AvgIpc) is 2.16. The Balaban J connectivity index is 2.19. The fourth-order valence-electron chi connectivity index (χ4n) is 2.51. The number of hydrogen-bond acceptors (Lipinski definition) is 3. The normalized spacial score (nSPS) is 25.9. The molecule has 0 saturated heterocycles. The summed E-state index contributed by atoms with van der Waals surface area (Å²) < 4.78 is 0. The van der Waals surface area contributed by atoms with Crippen LogP contribution >= 0.6 is 0 Å². The number of hydrogen-bond donors (Lipinski definition) is 2. The SMILES string of the molecule is CC(C)CC1CCCC(NOCC(N)=O)C1. The molecule has 1 amide bonds. The van der Waals surface area contributed by atoms with Crippen LogP contribution in [0.25, 0.3) is 0 Å². The highest BCUT2D eigenvalue weighted by Crippen LogP contribution is 2.29. The second kappa shape index (κ2) is 6.86. The van der Waals surface area contributed by atoms with Crippen molar-refractivity contribution in [3.63, 3.8) is 0 Å². The molecule has 1 rings (SSSR count). The number of nitrogens with one attached hydrogen (secondary N) is 1. The Bertz CT molecular complexity index is 219. The minimum atomic E-state index is -0.429. The summed E-state index contributed by atoms with van der Waals surface area (Å²) in [7, 11) is 0. The fourth-order valence-corrected chi connectivity index (χ4v) is 2.51. The third-order valence-electron chi connectivity index (χ3n) is 3.05. The highest BCUT2D eigenvalue weighted by molar-refractivity contribution is 5.74. The van der Waals surface area contributed by atoms with E-state index in [1.165, 1.54) is 19.3 Å². The molecule has 0 aliphatic heterocycles. The van der Waals surface area contributed by atoms with E-state index in [-0.39, 0.29) is 6.61 Å². The molecular formula is C12H24N2O2. The van der Waals surface area contributed by atoms with Crippen LogP contribution < -0.4 is 11.2 Å². The second-order valence-corrected chi connectivity index (χ2v) is 5.23. The molecule has 2 atom stereocenters. The van der Waals surface area contributed by atoms with E-state index in [1.807, 2.05) is 0 Å². The molecule has 1 aliphatic carbocycles. The number of amides is 1. The lowest BCUT2D eigenvalue weighted by atomic mass is 9.81. The van der Waals surface area contributed by atoms with Crippen molar-refractivity contribution in [2.75, 3.05) is 6.61 Å². The average molecular weight is 228 g/mol. The zero-order valence-corrected chi connectivity index (χ0v) is 10.4. The topological polar surface area (TPSA) is 64.3 Å². The van der Waals surface area contributed by atoms with Gasteiger partial charge in [-0.2, -0.15) is 5.48 Å². The van der Waals surface area contributed by atoms with Gasteiger partial charge in [0.25, 0.3) is 0 Å². The third kappa shape index (κ3) is 5.47. The first-order chi connectivity index (χ1) is 7.58. The van der Waals surface area contributed by atoms with E-state index < -0.39 is 5.91 Å². The first kappa shape index (κ1) is 13.5. The summed E-state index contributed by atoms with van der Waals surface area (Å²) in [6.45, 7) is 4.49. The summed E-state index contributed by atoms with van der Waals surface area (Å²) in [6, 6.07) is 0.386. The quantitative estimate of drug-likeness (QED) is 0.679. The number of carbonyl (C=O) groups excluding carboxylic acids is 1. The van der Waals surface area contributed by atoms with Gasteiger partial charge in [-0.15, -0.1) is 0 Å². The molecule has 0 heterocycles. The minimum Gasteiger partial charge on any atom is -0.368 e. The van der Waals surface area contributed by atoms with Gasteiger partial charge in [-0.25, -0.2) is 0 Å². The molecule has 0 radical (unpaired) electrons. The summed E-state index contributed by atoms with van der Waals surface area (Å²) >= 11 is 0. The van der Waals surface area contributed by atoms with Gasteiger partial charge in [0.1, 0.15) is 6.61 Å². The Kier molecular flexibility index (Phi) is 5.77. The van der Waals surface area contributed by atoms with Crippen molar-refractivity contribution in [3.8, 4) is 0 Å². The summed E-state index contributed by atoms with van der Waals surface area (Å²) in [5, 5.41) is 0. The molecule has 1 fully saturated rings. The van der Waals surface area contributed by atoms with Crippen molar-refractivity contribution in [1.29, 1.82) is 0 Å². The van der Waals surface area contributed by atoms with Crippen molar-refractivity contribution in [3.05, 3.63) is 0 Å². The fraction of sp³-hybridized carbons (Fsp3) is 0.917. The Labute approximate surface area is 97.9 Å². The van der Waals surface area contributed by atoms with Crippen LogP contribution in [0.4, 0.5) is 0 Å². The summed E-state index contributed by atoms with van der Waals surface area (Å²) in [6.07, 6.45) is 6.14. The molecule has 3 N–H and O–H groups in total. The van der Waals surface area contributed by atoms with Crippen molar-refractivity contribution in [2.45, 2.75) is 52.0 Å². The van der Waals surface area contributed by atoms with E-state index in [4.69, 9.17) is 10.6 Å². The number of hydroxylamine groups is 1. The molecule has 0 aromatic heterocycles. The maximum absolute atomic E-state index is 10.5. The monoisotopic (exact) mass is 228 g/mol. The molecule has 0 aromatic carbocycles. The van der Waals surface area contributed by atoms with Gasteiger partial charge in [0.15, 0.2) is 0 Å². The predicted octanol–water partition coefficient (Wildman–Crippen LogP) is 1.60. The molecule has 0 aromatic rings. The van der Waals surface area contributed by atoms with Crippen LogP contribution in [-0.2, 0) is 9.63 Å². The molecule has 1 saturated carbocycles. The van der Waals surface area contributed by atoms with Crippen LogP contribution in [-0.4, -0.2) is 18.6 Å². The Morgan fingerprint density at radius 2 is 2.25 bits per heavy atom. The van der Waals surface area contributed by atoms with E-state index in [9.17, 15) is 4.79 Å². The first-order valence-corrected chi connectivity index (χ1v) is 6.23. The van der Waals surface area contributed by atoms with Gasteiger partial charge in [-0.3, -0.25) is 9.63 Å². The summed E-state index contributed by atoms with van der Waals surface area (Å²) in [5.74, 6) is 1.13. The van der Waals surface area contributed by atoms with Crippen LogP contribution in [0.1, 0.15) is 46.0 Å². The Hall–Kier alpha value is -0.610. The molecule has 94 valence electrons. The zero-order chi connectivity index (χ0) is 12.0. The minimum absolute atomic E-state index is 0.0364. The zero-order valence-electron chi connectivity index (χ0n) is 10.4. The molecule has 0 spiro atoms. The number of carbonyl (C=O) groups is 1. The number of primary amides is 1. The van der Waals surface area contributed by atoms with E-state index >= 15 is 0 Å². The van der Waals surface area contributed by atoms with E-state index in [0.29, 0.717) is 6.04 Å². The number of rotatable bonds is 6. The summed E-state index contributed by atoms with van der Waals surface area (Å²) in [5.41, 5.74) is 7.95. The van der Waals surface area contributed by atoms with Gasteiger partial charge in [-0.1, -0.05) is 26.7 Å². The van der Waals surface area contributed by atoms with Gasteiger partial charge in [0, 0.05) is 6.04 Å². The first-order valence-electron chi connectivity index (χ1n) is 6.23. The standard InChI is InChI=1S/C12H24N2O2/c1-9(2)6-10-4-3-5-11(7-10)14-16-8-12(13)15/h9-11,14H,3-8H2,1-2H3,(H2,13,15). The Morgan fingerprint density at radius 1 is 1.50 bits per heavy atom. The maximum Gasteiger partial charge on any atom is 0.245 e. The third-order valence-corrected chi connectivity index (χ3v) is 3.05. The van der Waals surface area contributed by atoms with Gasteiger partial charge in [-0.05, 0) is 31.1 Å². The van der Waals surface area contributed by atoms with Crippen LogP contribution in [0, 0.1) is 11.8 Å². The second-order valence-electron chi connectivity index (χ2n) is 5.23. The molecule has 1 aliphatic rings. The lowest BCUT2D eigenvalue weighted by molar-refractivity contribution is -0.126. The lowest BCUT2D eigenvalue weighted by Crippen LogP contribution is -2.36. The highest BCUT2D eigenvalue weighted by Gasteiger charge is 2.22. The van der Waals surface area contributed by atoms with Gasteiger partial charge in [0.2, 0.25) is 5.91 Å². The smallest absolute Gasteiger partial charge is 0.245 e.